The molecule has 0 aliphatic carbocycles. The van der Waals surface area contributed by atoms with Crippen LogP contribution in [-0.4, -0.2) is 10.9 Å². The molecule has 20 heavy (non-hydrogen) atoms. The zero-order valence-electron chi connectivity index (χ0n) is 12.2. The van der Waals surface area contributed by atoms with E-state index in [4.69, 9.17) is 5.73 Å². The molecule has 0 amide bonds. The zero-order valence-corrected chi connectivity index (χ0v) is 12.2. The fourth-order valence-electron chi connectivity index (χ4n) is 2.94. The van der Waals surface area contributed by atoms with Crippen molar-refractivity contribution in [2.45, 2.75) is 39.0 Å². The summed E-state index contributed by atoms with van der Waals surface area (Å²) in [5.41, 5.74) is 11.8. The van der Waals surface area contributed by atoms with Gasteiger partial charge in [-0.1, -0.05) is 54.1 Å². The predicted octanol–water partition coefficient (Wildman–Crippen LogP) is 3.40. The molecule has 0 aromatic heterocycles. The Bertz CT molecular complexity index is 564. The monoisotopic (exact) mass is 266 g/mol. The summed E-state index contributed by atoms with van der Waals surface area (Å²) >= 11 is 0. The number of nitrogens with two attached hydrogens (primary N) is 1. The van der Waals surface area contributed by atoms with Gasteiger partial charge in [-0.2, -0.15) is 0 Å². The van der Waals surface area contributed by atoms with E-state index in [1.165, 1.54) is 22.3 Å². The number of nitrogens with zero attached hydrogens (tertiary/aromatic N) is 1. The molecule has 0 fully saturated rings. The summed E-state index contributed by atoms with van der Waals surface area (Å²) in [6.45, 7) is 6.36. The number of hydrogen-bond acceptors (Lipinski definition) is 2. The predicted molar refractivity (Wildman–Crippen MR) is 83.3 cm³/mol. The summed E-state index contributed by atoms with van der Waals surface area (Å²) < 4.78 is 0. The molecule has 0 bridgehead atoms. The normalized spacial score (nSPS) is 17.8. The highest BCUT2D eigenvalue weighted by Crippen LogP contribution is 2.28. The van der Waals surface area contributed by atoms with Crippen molar-refractivity contribution >= 4 is 0 Å². The Morgan fingerprint density at radius 3 is 2.05 bits per heavy atom. The molecule has 2 unspecified atom stereocenters. The summed E-state index contributed by atoms with van der Waals surface area (Å²) in [4.78, 5) is 2.47. The standard InChI is InChI=1S/C18H22N2/c1-13-7-9-15(10-8-13)18(19)14(2)20-11-16-5-3-4-6-17(16)12-20/h3-10,14,18H,11-12,19H2,1-2H3. The zero-order chi connectivity index (χ0) is 14.1. The minimum atomic E-state index is 0.0601. The highest BCUT2D eigenvalue weighted by molar-refractivity contribution is 5.31. The topological polar surface area (TPSA) is 29.3 Å². The van der Waals surface area contributed by atoms with Gasteiger partial charge < -0.3 is 5.73 Å². The van der Waals surface area contributed by atoms with Gasteiger partial charge in [0.1, 0.15) is 0 Å². The summed E-state index contributed by atoms with van der Waals surface area (Å²) in [6, 6.07) is 17.7. The van der Waals surface area contributed by atoms with Gasteiger partial charge in [0.25, 0.3) is 0 Å². The van der Waals surface area contributed by atoms with E-state index >= 15 is 0 Å². The Morgan fingerprint density at radius 1 is 0.950 bits per heavy atom. The number of rotatable bonds is 3. The van der Waals surface area contributed by atoms with Crippen LogP contribution in [0.4, 0.5) is 0 Å². The largest absolute Gasteiger partial charge is 0.323 e. The third-order valence-electron chi connectivity index (χ3n) is 4.42. The van der Waals surface area contributed by atoms with Gasteiger partial charge in [-0.3, -0.25) is 4.90 Å². The van der Waals surface area contributed by atoms with Gasteiger partial charge in [-0.25, -0.2) is 0 Å². The van der Waals surface area contributed by atoms with E-state index in [0.29, 0.717) is 6.04 Å². The Balaban J connectivity index is 1.74. The molecule has 0 radical (unpaired) electrons. The molecule has 1 aliphatic rings. The SMILES string of the molecule is Cc1ccc(C(N)C(C)N2Cc3ccccc3C2)cc1. The van der Waals surface area contributed by atoms with Crippen molar-refractivity contribution in [1.29, 1.82) is 0 Å². The van der Waals surface area contributed by atoms with Crippen LogP contribution in [0.5, 0.6) is 0 Å². The van der Waals surface area contributed by atoms with Crippen LogP contribution in [0.3, 0.4) is 0 Å². The Hall–Kier alpha value is -1.64. The highest BCUT2D eigenvalue weighted by atomic mass is 15.2. The summed E-state index contributed by atoms with van der Waals surface area (Å²) in [5, 5.41) is 0. The van der Waals surface area contributed by atoms with Gasteiger partial charge in [-0.05, 0) is 30.5 Å². The van der Waals surface area contributed by atoms with Crippen LogP contribution in [0, 0.1) is 6.92 Å². The molecule has 2 atom stereocenters. The second kappa shape index (κ2) is 5.39. The van der Waals surface area contributed by atoms with E-state index in [9.17, 15) is 0 Å². The third-order valence-corrected chi connectivity index (χ3v) is 4.42. The maximum Gasteiger partial charge on any atom is 0.0450 e. The molecule has 1 aliphatic heterocycles. The van der Waals surface area contributed by atoms with E-state index in [1.807, 2.05) is 0 Å². The van der Waals surface area contributed by atoms with Gasteiger partial charge in [0, 0.05) is 25.2 Å². The lowest BCUT2D eigenvalue weighted by atomic mass is 9.99. The fourth-order valence-corrected chi connectivity index (χ4v) is 2.94. The number of hydrogen-bond donors (Lipinski definition) is 1. The molecule has 3 rings (SSSR count). The van der Waals surface area contributed by atoms with Gasteiger partial charge >= 0.3 is 0 Å². The minimum Gasteiger partial charge on any atom is -0.323 e. The lowest BCUT2D eigenvalue weighted by Gasteiger charge is -2.29. The second-order valence-electron chi connectivity index (χ2n) is 5.85. The molecule has 2 aromatic carbocycles. The van der Waals surface area contributed by atoms with E-state index in [1.54, 1.807) is 0 Å². The first-order chi connectivity index (χ1) is 9.65. The average Bonchev–Trinajstić information content (AvgIpc) is 2.90. The average molecular weight is 266 g/mol. The molecule has 2 N–H and O–H groups in total. The van der Waals surface area contributed by atoms with Crippen molar-refractivity contribution in [3.8, 4) is 0 Å². The number of aryl methyl sites for hydroxylation is 1. The molecule has 2 aromatic rings. The Kier molecular flexibility index (Phi) is 3.60. The van der Waals surface area contributed by atoms with Crippen LogP contribution in [0.2, 0.25) is 0 Å². The van der Waals surface area contributed by atoms with Crippen molar-refractivity contribution in [1.82, 2.24) is 4.90 Å². The van der Waals surface area contributed by atoms with Gasteiger partial charge in [0.2, 0.25) is 0 Å². The molecule has 104 valence electrons. The van der Waals surface area contributed by atoms with Crippen LogP contribution in [0.1, 0.15) is 35.2 Å². The highest BCUT2D eigenvalue weighted by Gasteiger charge is 2.27. The molecular formula is C18H22N2. The van der Waals surface area contributed by atoms with Crippen molar-refractivity contribution in [2.24, 2.45) is 5.73 Å². The maximum atomic E-state index is 6.46. The van der Waals surface area contributed by atoms with Crippen LogP contribution < -0.4 is 5.73 Å². The van der Waals surface area contributed by atoms with Crippen molar-refractivity contribution < 1.29 is 0 Å². The Labute approximate surface area is 121 Å². The first kappa shape index (κ1) is 13.3. The van der Waals surface area contributed by atoms with Gasteiger partial charge in [0.15, 0.2) is 0 Å². The number of fused-ring (bicyclic) bond motifs is 1. The van der Waals surface area contributed by atoms with E-state index in [2.05, 4.69) is 67.3 Å². The van der Waals surface area contributed by atoms with E-state index < -0.39 is 0 Å². The number of benzene rings is 2. The molecule has 2 heteroatoms. The van der Waals surface area contributed by atoms with Crippen LogP contribution >= 0.6 is 0 Å². The lowest BCUT2D eigenvalue weighted by Crippen LogP contribution is -2.37. The Morgan fingerprint density at radius 2 is 1.50 bits per heavy atom. The summed E-state index contributed by atoms with van der Waals surface area (Å²) in [7, 11) is 0. The van der Waals surface area contributed by atoms with E-state index in [-0.39, 0.29) is 6.04 Å². The van der Waals surface area contributed by atoms with Crippen molar-refractivity contribution in [3.63, 3.8) is 0 Å². The third kappa shape index (κ3) is 2.49. The maximum absolute atomic E-state index is 6.46. The quantitative estimate of drug-likeness (QED) is 0.922. The van der Waals surface area contributed by atoms with Crippen molar-refractivity contribution in [2.75, 3.05) is 0 Å². The molecule has 0 saturated heterocycles. The fraction of sp³-hybridized carbons (Fsp3) is 0.333. The van der Waals surface area contributed by atoms with Crippen molar-refractivity contribution in [3.05, 3.63) is 70.8 Å². The molecule has 2 nitrogen and oxygen atoms in total. The van der Waals surface area contributed by atoms with Gasteiger partial charge in [-0.15, -0.1) is 0 Å². The summed E-state index contributed by atoms with van der Waals surface area (Å²) in [5.74, 6) is 0. The first-order valence-corrected chi connectivity index (χ1v) is 7.28. The smallest absolute Gasteiger partial charge is 0.0450 e. The first-order valence-electron chi connectivity index (χ1n) is 7.28. The second-order valence-corrected chi connectivity index (χ2v) is 5.85. The minimum absolute atomic E-state index is 0.0601. The van der Waals surface area contributed by atoms with E-state index in [0.717, 1.165) is 13.1 Å². The molecule has 0 spiro atoms. The molecule has 1 heterocycles. The van der Waals surface area contributed by atoms with Crippen LogP contribution in [0.25, 0.3) is 0 Å². The molecular weight excluding hydrogens is 244 g/mol. The molecule has 0 saturated carbocycles. The summed E-state index contributed by atoms with van der Waals surface area (Å²) in [6.07, 6.45) is 0. The van der Waals surface area contributed by atoms with Crippen LogP contribution in [0.15, 0.2) is 48.5 Å². The van der Waals surface area contributed by atoms with Crippen LogP contribution in [-0.2, 0) is 13.1 Å². The van der Waals surface area contributed by atoms with Gasteiger partial charge in [0.05, 0.1) is 0 Å². The lowest BCUT2D eigenvalue weighted by molar-refractivity contribution is 0.186.